The van der Waals surface area contributed by atoms with Gasteiger partial charge in [-0.25, -0.2) is 0 Å². The molecule has 20 heavy (non-hydrogen) atoms. The Morgan fingerprint density at radius 1 is 1.25 bits per heavy atom. The molecule has 1 saturated carbocycles. The van der Waals surface area contributed by atoms with Crippen LogP contribution in [0, 0.1) is 16.7 Å². The fourth-order valence-corrected chi connectivity index (χ4v) is 2.79. The van der Waals surface area contributed by atoms with E-state index in [2.05, 4.69) is 12.2 Å². The van der Waals surface area contributed by atoms with Crippen LogP contribution in [0.5, 0.6) is 0 Å². The first-order valence-corrected chi connectivity index (χ1v) is 7.70. The maximum Gasteiger partial charge on any atom is 0.319 e. The number of hydrogen-bond acceptors (Lipinski definition) is 3. The van der Waals surface area contributed by atoms with Crippen LogP contribution in [-0.4, -0.2) is 25.0 Å². The lowest BCUT2D eigenvalue weighted by atomic mass is 9.67. The van der Waals surface area contributed by atoms with Crippen molar-refractivity contribution in [1.82, 2.24) is 5.32 Å². The molecule has 0 aromatic heterocycles. The minimum absolute atomic E-state index is 0.198. The molecule has 1 rings (SSSR count). The van der Waals surface area contributed by atoms with Gasteiger partial charge in [0.25, 0.3) is 0 Å². The van der Waals surface area contributed by atoms with E-state index >= 15 is 0 Å². The van der Waals surface area contributed by atoms with E-state index in [1.807, 2.05) is 20.8 Å². The Bertz CT molecular complexity index is 348. The minimum atomic E-state index is -0.739. The predicted molar refractivity (Wildman–Crippen MR) is 79.2 cm³/mol. The van der Waals surface area contributed by atoms with E-state index in [0.29, 0.717) is 13.2 Å². The zero-order valence-electron chi connectivity index (χ0n) is 13.5. The van der Waals surface area contributed by atoms with Crippen molar-refractivity contribution in [1.29, 1.82) is 0 Å². The van der Waals surface area contributed by atoms with Crippen molar-refractivity contribution in [3.05, 3.63) is 0 Å². The van der Waals surface area contributed by atoms with E-state index in [9.17, 15) is 9.59 Å². The molecule has 0 bridgehead atoms. The second-order valence-corrected chi connectivity index (χ2v) is 6.98. The summed E-state index contributed by atoms with van der Waals surface area (Å²) in [6.45, 7) is 10.6. The van der Waals surface area contributed by atoms with Gasteiger partial charge in [-0.2, -0.15) is 0 Å². The Morgan fingerprint density at radius 3 is 2.20 bits per heavy atom. The third-order valence-electron chi connectivity index (χ3n) is 4.45. The second kappa shape index (κ2) is 6.59. The average Bonchev–Trinajstić information content (AvgIpc) is 2.26. The number of esters is 1. The first kappa shape index (κ1) is 17.0. The number of carbonyl (C=O) groups excluding carboxylic acids is 2. The van der Waals surface area contributed by atoms with E-state index in [1.54, 1.807) is 6.92 Å². The van der Waals surface area contributed by atoms with Gasteiger partial charge in [-0.15, -0.1) is 0 Å². The molecule has 0 saturated heterocycles. The number of hydrogen-bond donors (Lipinski definition) is 1. The van der Waals surface area contributed by atoms with Crippen molar-refractivity contribution >= 4 is 11.9 Å². The molecule has 1 aliphatic rings. The molecule has 116 valence electrons. The lowest BCUT2D eigenvalue weighted by Crippen LogP contribution is -2.48. The summed E-state index contributed by atoms with van der Waals surface area (Å²) < 4.78 is 5.05. The van der Waals surface area contributed by atoms with Crippen molar-refractivity contribution in [2.24, 2.45) is 16.7 Å². The molecule has 1 amide bonds. The summed E-state index contributed by atoms with van der Waals surface area (Å²) in [6.07, 6.45) is 4.66. The van der Waals surface area contributed by atoms with Crippen molar-refractivity contribution in [2.45, 2.75) is 60.3 Å². The van der Waals surface area contributed by atoms with Gasteiger partial charge in [-0.1, -0.05) is 34.1 Å². The van der Waals surface area contributed by atoms with E-state index in [0.717, 1.165) is 6.42 Å². The predicted octanol–water partition coefficient (Wildman–Crippen LogP) is 2.91. The summed E-state index contributed by atoms with van der Waals surface area (Å²) in [4.78, 5) is 24.4. The number of amides is 1. The molecule has 1 unspecified atom stereocenters. The second-order valence-electron chi connectivity index (χ2n) is 6.98. The van der Waals surface area contributed by atoms with Crippen LogP contribution in [0.15, 0.2) is 0 Å². The lowest BCUT2D eigenvalue weighted by Gasteiger charge is -2.42. The van der Waals surface area contributed by atoms with Gasteiger partial charge in [0.05, 0.1) is 6.61 Å². The maximum absolute atomic E-state index is 12.4. The van der Waals surface area contributed by atoms with Gasteiger partial charge in [0.1, 0.15) is 5.92 Å². The number of rotatable bonds is 6. The maximum atomic E-state index is 12.4. The van der Waals surface area contributed by atoms with Crippen LogP contribution >= 0.6 is 0 Å². The molecule has 0 aromatic carbocycles. The molecule has 0 heterocycles. The lowest BCUT2D eigenvalue weighted by molar-refractivity contribution is -0.156. The normalized spacial score (nSPS) is 18.9. The molecule has 1 N–H and O–H groups in total. The van der Waals surface area contributed by atoms with E-state index in [4.69, 9.17) is 4.74 Å². The van der Waals surface area contributed by atoms with Gasteiger partial charge < -0.3 is 10.1 Å². The SMILES string of the molecule is CCOC(=O)C(C(=O)NCC1(CC)CCC1)C(C)(C)C. The molecule has 4 heteroatoms. The van der Waals surface area contributed by atoms with Crippen molar-refractivity contribution in [3.63, 3.8) is 0 Å². The van der Waals surface area contributed by atoms with Crippen LogP contribution in [0.4, 0.5) is 0 Å². The van der Waals surface area contributed by atoms with Crippen molar-refractivity contribution in [3.8, 4) is 0 Å². The summed E-state index contributed by atoms with van der Waals surface area (Å²) >= 11 is 0. The first-order chi connectivity index (χ1) is 9.25. The van der Waals surface area contributed by atoms with Gasteiger partial charge in [-0.3, -0.25) is 9.59 Å². The summed E-state index contributed by atoms with van der Waals surface area (Å²) in [5.41, 5.74) is -0.178. The first-order valence-electron chi connectivity index (χ1n) is 7.70. The molecule has 1 fully saturated rings. The standard InChI is InChI=1S/C16H29NO3/c1-6-16(9-8-10-16)11-17-13(18)12(15(3,4)5)14(19)20-7-2/h12H,6-11H2,1-5H3,(H,17,18). The van der Waals surface area contributed by atoms with Gasteiger partial charge in [-0.05, 0) is 37.0 Å². The topological polar surface area (TPSA) is 55.4 Å². The fourth-order valence-electron chi connectivity index (χ4n) is 2.79. The summed E-state index contributed by atoms with van der Waals surface area (Å²) in [5.74, 6) is -1.36. The zero-order chi connectivity index (χ0) is 15.4. The van der Waals surface area contributed by atoms with E-state index in [-0.39, 0.29) is 11.3 Å². The summed E-state index contributed by atoms with van der Waals surface area (Å²) in [5, 5.41) is 2.98. The highest BCUT2D eigenvalue weighted by Crippen LogP contribution is 2.43. The summed E-state index contributed by atoms with van der Waals surface area (Å²) in [7, 11) is 0. The van der Waals surface area contributed by atoms with Crippen molar-refractivity contribution in [2.75, 3.05) is 13.2 Å². The Labute approximate surface area is 122 Å². The summed E-state index contributed by atoms with van der Waals surface area (Å²) in [6, 6.07) is 0. The molecule has 0 aliphatic heterocycles. The highest BCUT2D eigenvalue weighted by atomic mass is 16.5. The number of ether oxygens (including phenoxy) is 1. The van der Waals surface area contributed by atoms with Crippen LogP contribution in [0.1, 0.15) is 60.3 Å². The molecule has 1 aliphatic carbocycles. The Kier molecular flexibility index (Phi) is 5.60. The Hall–Kier alpha value is -1.06. The molecule has 1 atom stereocenters. The van der Waals surface area contributed by atoms with E-state index in [1.165, 1.54) is 19.3 Å². The zero-order valence-corrected chi connectivity index (χ0v) is 13.5. The molecule has 0 spiro atoms. The third-order valence-corrected chi connectivity index (χ3v) is 4.45. The monoisotopic (exact) mass is 283 g/mol. The van der Waals surface area contributed by atoms with Gasteiger partial charge >= 0.3 is 5.97 Å². The largest absolute Gasteiger partial charge is 0.465 e. The number of nitrogens with one attached hydrogen (secondary N) is 1. The van der Waals surface area contributed by atoms with Crippen LogP contribution in [-0.2, 0) is 14.3 Å². The molecule has 0 aromatic rings. The highest BCUT2D eigenvalue weighted by molar-refractivity contribution is 5.98. The van der Waals surface area contributed by atoms with Crippen LogP contribution in [0.2, 0.25) is 0 Å². The van der Waals surface area contributed by atoms with Gasteiger partial charge in [0, 0.05) is 6.54 Å². The van der Waals surface area contributed by atoms with Crippen LogP contribution < -0.4 is 5.32 Å². The fraction of sp³-hybridized carbons (Fsp3) is 0.875. The molecular weight excluding hydrogens is 254 g/mol. The average molecular weight is 283 g/mol. The highest BCUT2D eigenvalue weighted by Gasteiger charge is 2.41. The Balaban J connectivity index is 2.66. The smallest absolute Gasteiger partial charge is 0.319 e. The number of carbonyl (C=O) groups is 2. The van der Waals surface area contributed by atoms with Gasteiger partial charge in [0.15, 0.2) is 0 Å². The molecule has 4 nitrogen and oxygen atoms in total. The quantitative estimate of drug-likeness (QED) is 0.602. The molecule has 0 radical (unpaired) electrons. The van der Waals surface area contributed by atoms with Crippen molar-refractivity contribution < 1.29 is 14.3 Å². The minimum Gasteiger partial charge on any atom is -0.465 e. The molecular formula is C16H29NO3. The Morgan fingerprint density at radius 2 is 1.85 bits per heavy atom. The van der Waals surface area contributed by atoms with Gasteiger partial charge in [0.2, 0.25) is 5.91 Å². The third kappa shape index (κ3) is 3.97. The van der Waals surface area contributed by atoms with Crippen LogP contribution in [0.25, 0.3) is 0 Å². The van der Waals surface area contributed by atoms with Crippen LogP contribution in [0.3, 0.4) is 0 Å². The van der Waals surface area contributed by atoms with E-state index < -0.39 is 17.3 Å².